The second-order valence-electron chi connectivity index (χ2n) is 5.21. The van der Waals surface area contributed by atoms with Crippen molar-refractivity contribution < 1.29 is 4.79 Å². The Bertz CT molecular complexity index is 677. The van der Waals surface area contributed by atoms with Crippen LogP contribution in [0, 0.1) is 0 Å². The minimum Gasteiger partial charge on any atom is -0.366 e. The molecular formula is C17H18N2O. The molecule has 0 aliphatic heterocycles. The zero-order valence-corrected chi connectivity index (χ0v) is 11.6. The van der Waals surface area contributed by atoms with Crippen molar-refractivity contribution in [3.63, 3.8) is 0 Å². The number of aryl methyl sites for hydroxylation is 2. The standard InChI is InChI=1S/C17H18N2O/c1-2-11-9-10-19-16(15(11)17(18)20)14-8-4-6-12-5-3-7-13(12)14/h4,6,8-10H,2-3,5,7H2,1H3,(H2,18,20). The van der Waals surface area contributed by atoms with E-state index in [0.29, 0.717) is 5.56 Å². The van der Waals surface area contributed by atoms with Gasteiger partial charge in [-0.25, -0.2) is 0 Å². The fourth-order valence-corrected chi connectivity index (χ4v) is 3.12. The first-order valence-corrected chi connectivity index (χ1v) is 7.11. The first-order valence-electron chi connectivity index (χ1n) is 7.11. The Morgan fingerprint density at radius 2 is 2.15 bits per heavy atom. The SMILES string of the molecule is CCc1ccnc(-c2cccc3c2CCC3)c1C(N)=O. The minimum absolute atomic E-state index is 0.388. The summed E-state index contributed by atoms with van der Waals surface area (Å²) in [6.45, 7) is 2.03. The molecule has 1 amide bonds. The Morgan fingerprint density at radius 3 is 2.90 bits per heavy atom. The summed E-state index contributed by atoms with van der Waals surface area (Å²) >= 11 is 0. The van der Waals surface area contributed by atoms with E-state index in [1.807, 2.05) is 19.1 Å². The highest BCUT2D eigenvalue weighted by Crippen LogP contribution is 2.33. The predicted molar refractivity (Wildman–Crippen MR) is 79.6 cm³/mol. The van der Waals surface area contributed by atoms with E-state index in [9.17, 15) is 4.79 Å². The number of pyridine rings is 1. The molecule has 0 saturated carbocycles. The Hall–Kier alpha value is -2.16. The third-order valence-corrected chi connectivity index (χ3v) is 4.07. The Balaban J connectivity index is 2.26. The maximum Gasteiger partial charge on any atom is 0.251 e. The summed E-state index contributed by atoms with van der Waals surface area (Å²) in [5.41, 5.74) is 11.7. The van der Waals surface area contributed by atoms with Gasteiger partial charge in [0.1, 0.15) is 0 Å². The van der Waals surface area contributed by atoms with Crippen molar-refractivity contribution >= 4 is 5.91 Å². The van der Waals surface area contributed by atoms with Gasteiger partial charge in [-0.3, -0.25) is 9.78 Å². The summed E-state index contributed by atoms with van der Waals surface area (Å²) in [5, 5.41) is 0. The van der Waals surface area contributed by atoms with Crippen molar-refractivity contribution in [3.8, 4) is 11.3 Å². The second-order valence-corrected chi connectivity index (χ2v) is 5.21. The van der Waals surface area contributed by atoms with Crippen molar-refractivity contribution in [2.45, 2.75) is 32.6 Å². The molecule has 1 aliphatic rings. The van der Waals surface area contributed by atoms with Crippen LogP contribution in [0.25, 0.3) is 11.3 Å². The number of hydrogen-bond acceptors (Lipinski definition) is 2. The van der Waals surface area contributed by atoms with Crippen LogP contribution >= 0.6 is 0 Å². The van der Waals surface area contributed by atoms with E-state index >= 15 is 0 Å². The zero-order valence-electron chi connectivity index (χ0n) is 11.6. The molecule has 1 aliphatic carbocycles. The molecule has 20 heavy (non-hydrogen) atoms. The third-order valence-electron chi connectivity index (χ3n) is 4.07. The lowest BCUT2D eigenvalue weighted by Crippen LogP contribution is -2.16. The van der Waals surface area contributed by atoms with Crippen molar-refractivity contribution in [1.82, 2.24) is 4.98 Å². The Labute approximate surface area is 118 Å². The zero-order chi connectivity index (χ0) is 14.1. The highest BCUT2D eigenvalue weighted by Gasteiger charge is 2.21. The smallest absolute Gasteiger partial charge is 0.251 e. The number of carbonyl (C=O) groups excluding carboxylic acids is 1. The lowest BCUT2D eigenvalue weighted by Gasteiger charge is -2.13. The molecule has 0 spiro atoms. The summed E-state index contributed by atoms with van der Waals surface area (Å²) in [6.07, 6.45) is 5.90. The molecule has 0 bridgehead atoms. The van der Waals surface area contributed by atoms with Gasteiger partial charge in [-0.1, -0.05) is 25.1 Å². The van der Waals surface area contributed by atoms with Crippen LogP contribution in [-0.4, -0.2) is 10.9 Å². The summed E-state index contributed by atoms with van der Waals surface area (Å²) in [5.74, 6) is -0.388. The second kappa shape index (κ2) is 5.08. The average molecular weight is 266 g/mol. The number of primary amides is 1. The topological polar surface area (TPSA) is 56.0 Å². The Kier molecular flexibility index (Phi) is 3.26. The van der Waals surface area contributed by atoms with Crippen LogP contribution in [0.5, 0.6) is 0 Å². The molecule has 0 atom stereocenters. The number of aromatic nitrogens is 1. The third kappa shape index (κ3) is 1.99. The number of nitrogens with two attached hydrogens (primary N) is 1. The molecule has 3 nitrogen and oxygen atoms in total. The van der Waals surface area contributed by atoms with Crippen molar-refractivity contribution in [1.29, 1.82) is 0 Å². The van der Waals surface area contributed by atoms with E-state index in [-0.39, 0.29) is 5.91 Å². The lowest BCUT2D eigenvalue weighted by atomic mass is 9.94. The first-order chi connectivity index (χ1) is 9.72. The van der Waals surface area contributed by atoms with Gasteiger partial charge in [0.15, 0.2) is 0 Å². The number of fused-ring (bicyclic) bond motifs is 1. The van der Waals surface area contributed by atoms with Crippen LogP contribution in [0.2, 0.25) is 0 Å². The molecule has 1 aromatic heterocycles. The largest absolute Gasteiger partial charge is 0.366 e. The van der Waals surface area contributed by atoms with Gasteiger partial charge in [0, 0.05) is 11.8 Å². The van der Waals surface area contributed by atoms with E-state index in [4.69, 9.17) is 5.73 Å². The maximum atomic E-state index is 11.9. The van der Waals surface area contributed by atoms with E-state index in [2.05, 4.69) is 17.1 Å². The molecule has 1 heterocycles. The molecule has 1 aromatic carbocycles. The number of benzene rings is 1. The predicted octanol–water partition coefficient (Wildman–Crippen LogP) is 2.90. The molecule has 3 rings (SSSR count). The molecule has 0 radical (unpaired) electrons. The maximum absolute atomic E-state index is 11.9. The molecule has 2 aromatic rings. The highest BCUT2D eigenvalue weighted by atomic mass is 16.1. The summed E-state index contributed by atoms with van der Waals surface area (Å²) < 4.78 is 0. The number of carbonyl (C=O) groups is 1. The molecule has 3 heteroatoms. The average Bonchev–Trinajstić information content (AvgIpc) is 2.94. The summed E-state index contributed by atoms with van der Waals surface area (Å²) in [4.78, 5) is 16.3. The van der Waals surface area contributed by atoms with E-state index in [0.717, 1.165) is 36.1 Å². The number of hydrogen-bond donors (Lipinski definition) is 1. The molecule has 0 fully saturated rings. The molecule has 0 saturated heterocycles. The molecule has 2 N–H and O–H groups in total. The molecule has 0 unspecified atom stereocenters. The molecule has 102 valence electrons. The van der Waals surface area contributed by atoms with Gasteiger partial charge in [-0.2, -0.15) is 0 Å². The minimum atomic E-state index is -0.388. The van der Waals surface area contributed by atoms with E-state index < -0.39 is 0 Å². The normalized spacial score (nSPS) is 13.2. The fraction of sp³-hybridized carbons (Fsp3) is 0.294. The number of amides is 1. The van der Waals surface area contributed by atoms with Crippen LogP contribution in [0.4, 0.5) is 0 Å². The van der Waals surface area contributed by atoms with Crippen molar-refractivity contribution in [2.24, 2.45) is 5.73 Å². The van der Waals surface area contributed by atoms with Gasteiger partial charge in [0.25, 0.3) is 5.91 Å². The van der Waals surface area contributed by atoms with Crippen LogP contribution in [-0.2, 0) is 19.3 Å². The summed E-state index contributed by atoms with van der Waals surface area (Å²) in [6, 6.07) is 8.15. The van der Waals surface area contributed by atoms with Crippen LogP contribution in [0.3, 0.4) is 0 Å². The van der Waals surface area contributed by atoms with Crippen LogP contribution in [0.1, 0.15) is 40.4 Å². The highest BCUT2D eigenvalue weighted by molar-refractivity contribution is 6.00. The van der Waals surface area contributed by atoms with Gasteiger partial charge in [0.2, 0.25) is 0 Å². The van der Waals surface area contributed by atoms with Gasteiger partial charge < -0.3 is 5.73 Å². The van der Waals surface area contributed by atoms with Crippen LogP contribution < -0.4 is 5.73 Å². The van der Waals surface area contributed by atoms with Gasteiger partial charge in [-0.15, -0.1) is 0 Å². The van der Waals surface area contributed by atoms with Gasteiger partial charge in [-0.05, 0) is 48.4 Å². The van der Waals surface area contributed by atoms with Crippen molar-refractivity contribution in [3.05, 3.63) is 52.7 Å². The fourth-order valence-electron chi connectivity index (χ4n) is 3.12. The van der Waals surface area contributed by atoms with Gasteiger partial charge in [0.05, 0.1) is 11.3 Å². The quantitative estimate of drug-likeness (QED) is 0.928. The lowest BCUT2D eigenvalue weighted by molar-refractivity contribution is 0.1000. The first kappa shape index (κ1) is 12.9. The Morgan fingerprint density at radius 1 is 1.30 bits per heavy atom. The van der Waals surface area contributed by atoms with E-state index in [1.165, 1.54) is 17.5 Å². The van der Waals surface area contributed by atoms with Crippen LogP contribution in [0.15, 0.2) is 30.5 Å². The monoisotopic (exact) mass is 266 g/mol. The molecular weight excluding hydrogens is 248 g/mol. The van der Waals surface area contributed by atoms with E-state index in [1.54, 1.807) is 6.20 Å². The summed E-state index contributed by atoms with van der Waals surface area (Å²) in [7, 11) is 0. The number of rotatable bonds is 3. The number of nitrogens with zero attached hydrogens (tertiary/aromatic N) is 1. The van der Waals surface area contributed by atoms with Crippen molar-refractivity contribution in [2.75, 3.05) is 0 Å². The van der Waals surface area contributed by atoms with Gasteiger partial charge >= 0.3 is 0 Å².